The predicted octanol–water partition coefficient (Wildman–Crippen LogP) is 3.47. The van der Waals surface area contributed by atoms with Gasteiger partial charge in [-0.3, -0.25) is 0 Å². The number of hydrogen-bond acceptors (Lipinski definition) is 4. The van der Waals surface area contributed by atoms with Crippen LogP contribution in [0.1, 0.15) is 17.2 Å². The Balaban J connectivity index is 2.27. The minimum atomic E-state index is -4.83. The number of sulfonamides is 1. The SMILES string of the molecule is Cc1ccccc1[C@@H](CN(C)C)NS(=O)(=O)c1ccc(OC(F)(F)F)cc1. The van der Waals surface area contributed by atoms with E-state index in [1.54, 1.807) is 0 Å². The first-order valence-electron chi connectivity index (χ1n) is 8.06. The fourth-order valence-corrected chi connectivity index (χ4v) is 3.82. The minimum absolute atomic E-state index is 0.144. The van der Waals surface area contributed by atoms with Crippen LogP contribution < -0.4 is 9.46 Å². The number of aryl methyl sites for hydroxylation is 1. The average Bonchev–Trinajstić information content (AvgIpc) is 2.53. The number of rotatable bonds is 7. The van der Waals surface area contributed by atoms with E-state index in [0.29, 0.717) is 6.54 Å². The van der Waals surface area contributed by atoms with Crippen LogP contribution in [0.5, 0.6) is 5.75 Å². The van der Waals surface area contributed by atoms with Crippen molar-refractivity contribution < 1.29 is 26.3 Å². The largest absolute Gasteiger partial charge is 0.573 e. The van der Waals surface area contributed by atoms with Crippen LogP contribution in [-0.2, 0) is 10.0 Å². The van der Waals surface area contributed by atoms with Crippen molar-refractivity contribution in [3.63, 3.8) is 0 Å². The fraction of sp³-hybridized carbons (Fsp3) is 0.333. The number of ether oxygens (including phenoxy) is 1. The molecule has 0 fully saturated rings. The number of hydrogen-bond donors (Lipinski definition) is 1. The van der Waals surface area contributed by atoms with Gasteiger partial charge in [-0.05, 0) is 56.4 Å². The third-order valence-corrected chi connectivity index (χ3v) is 5.26. The molecular weight excluding hydrogens is 381 g/mol. The fourth-order valence-electron chi connectivity index (χ4n) is 2.62. The van der Waals surface area contributed by atoms with E-state index in [-0.39, 0.29) is 4.90 Å². The zero-order valence-corrected chi connectivity index (χ0v) is 15.9. The summed E-state index contributed by atoms with van der Waals surface area (Å²) in [6, 6.07) is 11.0. The Bertz CT molecular complexity index is 866. The Hall–Kier alpha value is -2.10. The lowest BCUT2D eigenvalue weighted by Gasteiger charge is -2.24. The highest BCUT2D eigenvalue weighted by Crippen LogP contribution is 2.25. The lowest BCUT2D eigenvalue weighted by molar-refractivity contribution is -0.274. The van der Waals surface area contributed by atoms with Gasteiger partial charge in [0.1, 0.15) is 5.75 Å². The normalized spacial score (nSPS) is 13.6. The first kappa shape index (κ1) is 21.2. The Morgan fingerprint density at radius 2 is 1.67 bits per heavy atom. The Morgan fingerprint density at radius 1 is 1.07 bits per heavy atom. The minimum Gasteiger partial charge on any atom is -0.406 e. The molecule has 1 atom stereocenters. The van der Waals surface area contributed by atoms with Crippen molar-refractivity contribution in [2.45, 2.75) is 24.2 Å². The van der Waals surface area contributed by atoms with Crippen molar-refractivity contribution >= 4 is 10.0 Å². The van der Waals surface area contributed by atoms with Crippen molar-refractivity contribution in [2.24, 2.45) is 0 Å². The smallest absolute Gasteiger partial charge is 0.406 e. The molecule has 0 aliphatic rings. The molecule has 0 radical (unpaired) electrons. The molecule has 0 unspecified atom stereocenters. The summed E-state index contributed by atoms with van der Waals surface area (Å²) < 4.78 is 68.5. The van der Waals surface area contributed by atoms with Gasteiger partial charge in [0.05, 0.1) is 10.9 Å². The van der Waals surface area contributed by atoms with E-state index in [9.17, 15) is 21.6 Å². The van der Waals surface area contributed by atoms with Gasteiger partial charge in [0, 0.05) is 6.54 Å². The average molecular weight is 402 g/mol. The summed E-state index contributed by atoms with van der Waals surface area (Å²) in [7, 11) is -0.299. The van der Waals surface area contributed by atoms with Gasteiger partial charge in [-0.1, -0.05) is 24.3 Å². The van der Waals surface area contributed by atoms with Crippen LogP contribution in [0.4, 0.5) is 13.2 Å². The highest BCUT2D eigenvalue weighted by molar-refractivity contribution is 7.89. The molecule has 0 saturated carbocycles. The molecule has 148 valence electrons. The van der Waals surface area contributed by atoms with Crippen LogP contribution in [-0.4, -0.2) is 40.3 Å². The molecular formula is C18H21F3N2O3S. The maximum absolute atomic E-state index is 12.7. The van der Waals surface area contributed by atoms with Crippen molar-refractivity contribution in [2.75, 3.05) is 20.6 Å². The van der Waals surface area contributed by atoms with Gasteiger partial charge in [-0.2, -0.15) is 0 Å². The summed E-state index contributed by atoms with van der Waals surface area (Å²) in [6.07, 6.45) is -4.83. The molecule has 5 nitrogen and oxygen atoms in total. The van der Waals surface area contributed by atoms with Crippen molar-refractivity contribution in [1.29, 1.82) is 0 Å². The monoisotopic (exact) mass is 402 g/mol. The summed E-state index contributed by atoms with van der Waals surface area (Å²) >= 11 is 0. The van der Waals surface area contributed by atoms with Crippen LogP contribution >= 0.6 is 0 Å². The molecule has 0 spiro atoms. The van der Waals surface area contributed by atoms with Crippen molar-refractivity contribution in [3.05, 3.63) is 59.7 Å². The van der Waals surface area contributed by atoms with Gasteiger partial charge in [-0.15, -0.1) is 13.2 Å². The van der Waals surface area contributed by atoms with Gasteiger partial charge < -0.3 is 9.64 Å². The van der Waals surface area contributed by atoms with Gasteiger partial charge >= 0.3 is 6.36 Å². The third kappa shape index (κ3) is 6.23. The molecule has 0 amide bonds. The van der Waals surface area contributed by atoms with E-state index < -0.39 is 28.2 Å². The number of likely N-dealkylation sites (N-methyl/N-ethyl adjacent to an activating group) is 1. The molecule has 2 aromatic carbocycles. The summed E-state index contributed by atoms with van der Waals surface area (Å²) in [4.78, 5) is 1.70. The Morgan fingerprint density at radius 3 is 2.19 bits per heavy atom. The maximum Gasteiger partial charge on any atom is 0.573 e. The van der Waals surface area contributed by atoms with Crippen molar-refractivity contribution in [1.82, 2.24) is 9.62 Å². The summed E-state index contributed by atoms with van der Waals surface area (Å²) in [5, 5.41) is 0. The van der Waals surface area contributed by atoms with Crippen LogP contribution in [0.3, 0.4) is 0 Å². The zero-order chi connectivity index (χ0) is 20.2. The molecule has 0 aliphatic heterocycles. The molecule has 1 N–H and O–H groups in total. The van der Waals surface area contributed by atoms with Gasteiger partial charge in [-0.25, -0.2) is 13.1 Å². The lowest BCUT2D eigenvalue weighted by atomic mass is 10.0. The molecule has 2 rings (SSSR count). The topological polar surface area (TPSA) is 58.6 Å². The first-order chi connectivity index (χ1) is 12.5. The number of halogens is 3. The second-order valence-corrected chi connectivity index (χ2v) is 8.03. The predicted molar refractivity (Wildman–Crippen MR) is 95.9 cm³/mol. The second kappa shape index (κ2) is 8.28. The lowest BCUT2D eigenvalue weighted by Crippen LogP contribution is -2.35. The van der Waals surface area contributed by atoms with E-state index >= 15 is 0 Å². The highest BCUT2D eigenvalue weighted by atomic mass is 32.2. The molecule has 9 heteroatoms. The first-order valence-corrected chi connectivity index (χ1v) is 9.54. The quantitative estimate of drug-likeness (QED) is 0.771. The van der Waals surface area contributed by atoms with E-state index in [2.05, 4.69) is 9.46 Å². The second-order valence-electron chi connectivity index (χ2n) is 6.31. The van der Waals surface area contributed by atoms with E-state index in [4.69, 9.17) is 0 Å². The standard InChI is InChI=1S/C18H21F3N2O3S/c1-13-6-4-5-7-16(13)17(12-23(2)3)22-27(24,25)15-10-8-14(9-11-15)26-18(19,20)21/h4-11,17,22H,12H2,1-3H3/t17-/m1/s1. The molecule has 0 bridgehead atoms. The highest BCUT2D eigenvalue weighted by Gasteiger charge is 2.31. The van der Waals surface area contributed by atoms with Crippen molar-refractivity contribution in [3.8, 4) is 5.75 Å². The number of alkyl halides is 3. The zero-order valence-electron chi connectivity index (χ0n) is 15.1. The van der Waals surface area contributed by atoms with Crippen LogP contribution in [0, 0.1) is 6.92 Å². The number of nitrogens with one attached hydrogen (secondary N) is 1. The Kier molecular flexibility index (Phi) is 6.50. The van der Waals surface area contributed by atoms with Crippen LogP contribution in [0.2, 0.25) is 0 Å². The van der Waals surface area contributed by atoms with Gasteiger partial charge in [0.25, 0.3) is 0 Å². The maximum atomic E-state index is 12.7. The van der Waals surface area contributed by atoms with E-state index in [1.165, 1.54) is 0 Å². The number of nitrogens with zero attached hydrogens (tertiary/aromatic N) is 1. The van der Waals surface area contributed by atoms with Crippen LogP contribution in [0.15, 0.2) is 53.4 Å². The van der Waals surface area contributed by atoms with Gasteiger partial charge in [0.2, 0.25) is 10.0 Å². The Labute approximate surface area is 156 Å². The van der Waals surface area contributed by atoms with E-state index in [1.807, 2.05) is 50.2 Å². The molecule has 0 saturated heterocycles. The molecule has 0 aromatic heterocycles. The molecule has 2 aromatic rings. The summed E-state index contributed by atoms with van der Waals surface area (Å²) in [6.45, 7) is 2.30. The molecule has 0 aliphatic carbocycles. The molecule has 0 heterocycles. The molecule has 27 heavy (non-hydrogen) atoms. The summed E-state index contributed by atoms with van der Waals surface area (Å²) in [5.74, 6) is -0.481. The van der Waals surface area contributed by atoms with Crippen LogP contribution in [0.25, 0.3) is 0 Å². The van der Waals surface area contributed by atoms with Gasteiger partial charge in [0.15, 0.2) is 0 Å². The van der Waals surface area contributed by atoms with E-state index in [0.717, 1.165) is 35.4 Å². The number of benzene rings is 2. The summed E-state index contributed by atoms with van der Waals surface area (Å²) in [5.41, 5.74) is 1.76. The third-order valence-electron chi connectivity index (χ3n) is 3.78.